The highest BCUT2D eigenvalue weighted by Crippen LogP contribution is 2.15. The lowest BCUT2D eigenvalue weighted by Crippen LogP contribution is -2.46. The molecular weight excluding hydrogens is 370 g/mol. The molecule has 1 fully saturated rings. The van der Waals surface area contributed by atoms with Crippen molar-refractivity contribution in [3.05, 3.63) is 81.0 Å². The molecule has 2 N–H and O–H groups in total. The Morgan fingerprint density at radius 3 is 2.66 bits per heavy atom. The number of hydrogen-bond donors (Lipinski definition) is 2. The molecule has 2 aromatic carbocycles. The summed E-state index contributed by atoms with van der Waals surface area (Å²) < 4.78 is 6.59. The van der Waals surface area contributed by atoms with Crippen LogP contribution in [0.5, 0.6) is 0 Å². The van der Waals surface area contributed by atoms with E-state index in [1.54, 1.807) is 24.3 Å². The van der Waals surface area contributed by atoms with Gasteiger partial charge in [0.05, 0.1) is 17.0 Å². The molecule has 1 saturated heterocycles. The fourth-order valence-corrected chi connectivity index (χ4v) is 3.74. The molecule has 0 bridgehead atoms. The van der Waals surface area contributed by atoms with Crippen LogP contribution in [0.1, 0.15) is 24.4 Å². The van der Waals surface area contributed by atoms with Crippen molar-refractivity contribution in [1.82, 2.24) is 14.9 Å². The molecule has 150 valence electrons. The number of carbonyl (C=O) groups excluding carboxylic acids is 1. The van der Waals surface area contributed by atoms with Crippen LogP contribution >= 0.6 is 0 Å². The Balaban J connectivity index is 1.71. The third-order valence-corrected chi connectivity index (χ3v) is 5.25. The smallest absolute Gasteiger partial charge is 0.329 e. The molecule has 7 nitrogen and oxygen atoms in total. The van der Waals surface area contributed by atoms with E-state index in [2.05, 4.69) is 10.3 Å². The normalized spacial score (nSPS) is 17.3. The van der Waals surface area contributed by atoms with Gasteiger partial charge in [0, 0.05) is 19.6 Å². The number of fused-ring (bicyclic) bond motifs is 1. The van der Waals surface area contributed by atoms with Crippen molar-refractivity contribution in [2.45, 2.75) is 31.4 Å². The van der Waals surface area contributed by atoms with Crippen LogP contribution in [0.3, 0.4) is 0 Å². The van der Waals surface area contributed by atoms with Crippen molar-refractivity contribution in [3.8, 4) is 0 Å². The number of H-pyrrole nitrogens is 1. The Labute approximate surface area is 167 Å². The molecule has 1 amide bonds. The van der Waals surface area contributed by atoms with E-state index >= 15 is 0 Å². The first kappa shape index (κ1) is 19.1. The number of ether oxygens (including phenoxy) is 1. The van der Waals surface area contributed by atoms with Crippen molar-refractivity contribution in [2.75, 3.05) is 13.2 Å². The number of para-hydroxylation sites is 1. The third kappa shape index (κ3) is 4.14. The lowest BCUT2D eigenvalue weighted by molar-refractivity contribution is -0.125. The first-order valence-corrected chi connectivity index (χ1v) is 9.80. The summed E-state index contributed by atoms with van der Waals surface area (Å²) >= 11 is 0. The van der Waals surface area contributed by atoms with E-state index in [9.17, 15) is 14.4 Å². The summed E-state index contributed by atoms with van der Waals surface area (Å²) in [4.78, 5) is 41.6. The topological polar surface area (TPSA) is 93.2 Å². The highest BCUT2D eigenvalue weighted by molar-refractivity contribution is 5.82. The molecule has 4 rings (SSSR count). The van der Waals surface area contributed by atoms with Crippen LogP contribution in [0.4, 0.5) is 0 Å². The summed E-state index contributed by atoms with van der Waals surface area (Å²) in [6, 6.07) is 15.2. The van der Waals surface area contributed by atoms with Crippen LogP contribution in [-0.4, -0.2) is 34.7 Å². The van der Waals surface area contributed by atoms with E-state index in [-0.39, 0.29) is 18.4 Å². The standard InChI is InChI=1S/C22H23N3O4/c26-20(23-14-16-9-6-12-29-16)19(13-15-7-2-1-3-8-15)25-21(27)17-10-4-5-11-18(17)24-22(25)28/h1-5,7-8,10-11,16,19H,6,9,12-14H2,(H,23,26)(H,24,28)/t16-,19+/m1/s1. The van der Waals surface area contributed by atoms with Crippen LogP contribution in [0.25, 0.3) is 10.9 Å². The van der Waals surface area contributed by atoms with Crippen LogP contribution < -0.4 is 16.6 Å². The van der Waals surface area contributed by atoms with Crippen LogP contribution in [0, 0.1) is 0 Å². The average molecular weight is 393 g/mol. The number of nitrogens with zero attached hydrogens (tertiary/aromatic N) is 1. The Hall–Kier alpha value is -3.19. The minimum absolute atomic E-state index is 0.0251. The average Bonchev–Trinajstić information content (AvgIpc) is 3.26. The number of aromatic nitrogens is 2. The molecule has 0 saturated carbocycles. The molecular formula is C22H23N3O4. The SMILES string of the molecule is O=C(NC[C@H]1CCCO1)[C@H](Cc1ccccc1)n1c(=O)[nH]c2ccccc2c1=O. The number of nitrogens with one attached hydrogen (secondary N) is 2. The Bertz CT molecular complexity index is 1110. The van der Waals surface area contributed by atoms with Gasteiger partial charge < -0.3 is 15.0 Å². The second kappa shape index (κ2) is 8.45. The fourth-order valence-electron chi connectivity index (χ4n) is 3.74. The maximum atomic E-state index is 13.1. The number of carbonyl (C=O) groups is 1. The van der Waals surface area contributed by atoms with Gasteiger partial charge in [-0.1, -0.05) is 42.5 Å². The summed E-state index contributed by atoms with van der Waals surface area (Å²) in [5, 5.41) is 3.24. The minimum atomic E-state index is -0.959. The van der Waals surface area contributed by atoms with Gasteiger partial charge in [0.25, 0.3) is 5.56 Å². The second-order valence-electron chi connectivity index (χ2n) is 7.24. The molecule has 29 heavy (non-hydrogen) atoms. The minimum Gasteiger partial charge on any atom is -0.376 e. The van der Waals surface area contributed by atoms with E-state index in [0.717, 1.165) is 23.0 Å². The van der Waals surface area contributed by atoms with Gasteiger partial charge in [-0.3, -0.25) is 9.59 Å². The van der Waals surface area contributed by atoms with Gasteiger partial charge >= 0.3 is 5.69 Å². The third-order valence-electron chi connectivity index (χ3n) is 5.25. The molecule has 1 aliphatic heterocycles. The quantitative estimate of drug-likeness (QED) is 0.668. The summed E-state index contributed by atoms with van der Waals surface area (Å²) in [7, 11) is 0. The fraction of sp³-hybridized carbons (Fsp3) is 0.318. The van der Waals surface area contributed by atoms with Gasteiger partial charge in [0.2, 0.25) is 5.91 Å². The predicted octanol–water partition coefficient (Wildman–Crippen LogP) is 1.77. The first-order chi connectivity index (χ1) is 14.1. The first-order valence-electron chi connectivity index (χ1n) is 9.80. The number of aromatic amines is 1. The van der Waals surface area contributed by atoms with Crippen molar-refractivity contribution in [1.29, 1.82) is 0 Å². The summed E-state index contributed by atoms with van der Waals surface area (Å²) in [6.07, 6.45) is 2.07. The van der Waals surface area contributed by atoms with Crippen molar-refractivity contribution >= 4 is 16.8 Å². The molecule has 0 unspecified atom stereocenters. The maximum Gasteiger partial charge on any atom is 0.329 e. The number of benzene rings is 2. The van der Waals surface area contributed by atoms with Crippen LogP contribution in [0.15, 0.2) is 64.2 Å². The van der Waals surface area contributed by atoms with Gasteiger partial charge in [0.1, 0.15) is 6.04 Å². The zero-order valence-electron chi connectivity index (χ0n) is 16.0. The van der Waals surface area contributed by atoms with Gasteiger partial charge in [-0.2, -0.15) is 0 Å². The molecule has 0 spiro atoms. The number of amides is 1. The highest BCUT2D eigenvalue weighted by atomic mass is 16.5. The van der Waals surface area contributed by atoms with E-state index < -0.39 is 17.3 Å². The Kier molecular flexibility index (Phi) is 5.57. The van der Waals surface area contributed by atoms with Gasteiger partial charge in [-0.25, -0.2) is 9.36 Å². The molecule has 1 aliphatic rings. The zero-order chi connectivity index (χ0) is 20.2. The molecule has 0 radical (unpaired) electrons. The van der Waals surface area contributed by atoms with Crippen molar-refractivity contribution in [3.63, 3.8) is 0 Å². The van der Waals surface area contributed by atoms with E-state index in [1.807, 2.05) is 30.3 Å². The molecule has 2 atom stereocenters. The summed E-state index contributed by atoms with van der Waals surface area (Å²) in [5.74, 6) is -0.368. The summed E-state index contributed by atoms with van der Waals surface area (Å²) in [6.45, 7) is 1.06. The van der Waals surface area contributed by atoms with Crippen molar-refractivity contribution < 1.29 is 9.53 Å². The number of hydrogen-bond acceptors (Lipinski definition) is 4. The Morgan fingerprint density at radius 1 is 1.14 bits per heavy atom. The molecule has 1 aromatic heterocycles. The molecule has 7 heteroatoms. The maximum absolute atomic E-state index is 13.1. The lowest BCUT2D eigenvalue weighted by Gasteiger charge is -2.20. The van der Waals surface area contributed by atoms with E-state index in [4.69, 9.17) is 4.74 Å². The molecule has 2 heterocycles. The Morgan fingerprint density at radius 2 is 1.90 bits per heavy atom. The predicted molar refractivity (Wildman–Crippen MR) is 110 cm³/mol. The van der Waals surface area contributed by atoms with E-state index in [0.29, 0.717) is 24.1 Å². The lowest BCUT2D eigenvalue weighted by atomic mass is 10.0. The molecule has 3 aromatic rings. The van der Waals surface area contributed by atoms with Gasteiger partial charge in [0.15, 0.2) is 0 Å². The monoisotopic (exact) mass is 393 g/mol. The van der Waals surface area contributed by atoms with Crippen molar-refractivity contribution in [2.24, 2.45) is 0 Å². The number of rotatable bonds is 6. The van der Waals surface area contributed by atoms with Crippen LogP contribution in [0.2, 0.25) is 0 Å². The van der Waals surface area contributed by atoms with E-state index in [1.165, 1.54) is 0 Å². The van der Waals surface area contributed by atoms with Gasteiger partial charge in [-0.05, 0) is 30.5 Å². The van der Waals surface area contributed by atoms with Crippen LogP contribution in [-0.2, 0) is 16.0 Å². The summed E-state index contributed by atoms with van der Waals surface area (Å²) in [5.41, 5.74) is 0.251. The highest BCUT2D eigenvalue weighted by Gasteiger charge is 2.26. The molecule has 0 aliphatic carbocycles. The zero-order valence-corrected chi connectivity index (χ0v) is 16.0. The van der Waals surface area contributed by atoms with Gasteiger partial charge in [-0.15, -0.1) is 0 Å². The largest absolute Gasteiger partial charge is 0.376 e. The second-order valence-corrected chi connectivity index (χ2v) is 7.24.